The lowest BCUT2D eigenvalue weighted by molar-refractivity contribution is -0.143. The molecule has 1 N–H and O–H groups in total. The van der Waals surface area contributed by atoms with Gasteiger partial charge < -0.3 is 14.8 Å². The lowest BCUT2D eigenvalue weighted by Crippen LogP contribution is -2.17. The number of halogens is 1. The predicted octanol–water partition coefficient (Wildman–Crippen LogP) is 5.39. The maximum absolute atomic E-state index is 12.1. The van der Waals surface area contributed by atoms with Gasteiger partial charge >= 0.3 is 5.97 Å². The fourth-order valence-corrected chi connectivity index (χ4v) is 2.87. The normalized spacial score (nSPS) is 10.2. The van der Waals surface area contributed by atoms with Crippen LogP contribution in [0.2, 0.25) is 0 Å². The van der Waals surface area contributed by atoms with Gasteiger partial charge in [-0.25, -0.2) is 0 Å². The number of ketones is 1. The molecular weight excluding hydrogens is 462 g/mol. The zero-order chi connectivity index (χ0) is 22.1. The van der Waals surface area contributed by atoms with E-state index < -0.39 is 5.97 Å². The first-order valence-electron chi connectivity index (χ1n) is 9.57. The van der Waals surface area contributed by atoms with Crippen LogP contribution in [0.15, 0.2) is 83.3 Å². The molecule has 3 rings (SSSR count). The van der Waals surface area contributed by atoms with Crippen molar-refractivity contribution in [3.05, 3.63) is 88.9 Å². The third kappa shape index (κ3) is 7.38. The number of para-hydroxylation sites is 1. The quantitative estimate of drug-likeness (QED) is 0.327. The smallest absolute Gasteiger partial charge is 0.306 e. The molecule has 0 saturated heterocycles. The predicted molar refractivity (Wildman–Crippen MR) is 120 cm³/mol. The van der Waals surface area contributed by atoms with Crippen molar-refractivity contribution in [2.75, 3.05) is 11.9 Å². The van der Waals surface area contributed by atoms with Gasteiger partial charge in [0, 0.05) is 22.1 Å². The summed E-state index contributed by atoms with van der Waals surface area (Å²) in [5.74, 6) is 0.128. The van der Waals surface area contributed by atoms with Crippen LogP contribution in [-0.4, -0.2) is 24.3 Å². The Hall–Kier alpha value is -3.45. The first-order valence-corrected chi connectivity index (χ1v) is 10.4. The van der Waals surface area contributed by atoms with E-state index in [0.717, 1.165) is 10.2 Å². The summed E-state index contributed by atoms with van der Waals surface area (Å²) in [5.41, 5.74) is 1.04. The molecule has 0 saturated carbocycles. The number of amides is 1. The monoisotopic (exact) mass is 481 g/mol. The molecule has 0 atom stereocenters. The third-order valence-corrected chi connectivity index (χ3v) is 4.73. The van der Waals surface area contributed by atoms with Gasteiger partial charge in [-0.15, -0.1) is 0 Å². The number of carbonyl (C=O) groups excluding carboxylic acids is 3. The Morgan fingerprint density at radius 1 is 0.774 bits per heavy atom. The van der Waals surface area contributed by atoms with Crippen LogP contribution in [0.3, 0.4) is 0 Å². The summed E-state index contributed by atoms with van der Waals surface area (Å²) in [5, 5.41) is 2.71. The van der Waals surface area contributed by atoms with Crippen molar-refractivity contribution in [2.45, 2.75) is 12.8 Å². The molecule has 1 amide bonds. The number of ether oxygens (including phenoxy) is 2. The second kappa shape index (κ2) is 11.1. The average Bonchev–Trinajstić information content (AvgIpc) is 2.78. The summed E-state index contributed by atoms with van der Waals surface area (Å²) < 4.78 is 11.5. The molecule has 0 unspecified atom stereocenters. The highest BCUT2D eigenvalue weighted by Gasteiger charge is 2.12. The Morgan fingerprint density at radius 3 is 2.10 bits per heavy atom. The van der Waals surface area contributed by atoms with E-state index in [2.05, 4.69) is 21.2 Å². The molecule has 3 aromatic carbocycles. The minimum absolute atomic E-state index is 0.0480. The number of carbonyl (C=O) groups is 3. The molecule has 0 heterocycles. The van der Waals surface area contributed by atoms with Gasteiger partial charge in [0.15, 0.2) is 12.4 Å². The van der Waals surface area contributed by atoms with Crippen LogP contribution in [0.1, 0.15) is 23.2 Å². The highest BCUT2D eigenvalue weighted by atomic mass is 79.9. The van der Waals surface area contributed by atoms with E-state index >= 15 is 0 Å². The minimum Gasteiger partial charge on any atom is -0.457 e. The lowest BCUT2D eigenvalue weighted by atomic mass is 10.1. The molecule has 6 nitrogen and oxygen atoms in total. The average molecular weight is 482 g/mol. The molecule has 0 aliphatic rings. The van der Waals surface area contributed by atoms with Crippen LogP contribution in [-0.2, 0) is 14.3 Å². The number of Topliss-reactive ketones (excluding diaryl/α,β-unsaturated/α-hetero) is 1. The second-order valence-corrected chi connectivity index (χ2v) is 7.49. The lowest BCUT2D eigenvalue weighted by Gasteiger charge is -2.08. The largest absolute Gasteiger partial charge is 0.457 e. The van der Waals surface area contributed by atoms with Crippen molar-refractivity contribution in [3.63, 3.8) is 0 Å². The first-order chi connectivity index (χ1) is 15.0. The van der Waals surface area contributed by atoms with E-state index in [-0.39, 0.29) is 31.1 Å². The van der Waals surface area contributed by atoms with Crippen molar-refractivity contribution >= 4 is 39.3 Å². The molecule has 0 radical (unpaired) electrons. The summed E-state index contributed by atoms with van der Waals surface area (Å²) in [7, 11) is 0. The zero-order valence-electron chi connectivity index (χ0n) is 16.5. The molecule has 0 aliphatic heterocycles. The highest BCUT2D eigenvalue weighted by Crippen LogP contribution is 2.22. The van der Waals surface area contributed by atoms with Gasteiger partial charge in [-0.2, -0.15) is 0 Å². The summed E-state index contributed by atoms with van der Waals surface area (Å²) in [4.78, 5) is 35.9. The Kier molecular flexibility index (Phi) is 7.95. The van der Waals surface area contributed by atoms with Gasteiger partial charge in [0.25, 0.3) is 0 Å². The van der Waals surface area contributed by atoms with E-state index in [1.54, 1.807) is 48.5 Å². The molecule has 3 aromatic rings. The first kappa shape index (κ1) is 22.2. The molecule has 0 spiro atoms. The number of rotatable bonds is 9. The van der Waals surface area contributed by atoms with E-state index in [1.165, 1.54) is 0 Å². The Labute approximate surface area is 188 Å². The van der Waals surface area contributed by atoms with Crippen LogP contribution in [0.4, 0.5) is 5.69 Å². The van der Waals surface area contributed by atoms with Gasteiger partial charge in [0.05, 0.1) is 6.42 Å². The Morgan fingerprint density at radius 2 is 1.42 bits per heavy atom. The van der Waals surface area contributed by atoms with Crippen LogP contribution in [0.25, 0.3) is 0 Å². The van der Waals surface area contributed by atoms with Crippen molar-refractivity contribution in [1.82, 2.24) is 0 Å². The van der Waals surface area contributed by atoms with Crippen LogP contribution in [0.5, 0.6) is 11.5 Å². The molecule has 7 heteroatoms. The van der Waals surface area contributed by atoms with E-state index in [9.17, 15) is 14.4 Å². The number of hydrogen-bond donors (Lipinski definition) is 1. The number of hydrogen-bond acceptors (Lipinski definition) is 5. The van der Waals surface area contributed by atoms with E-state index in [0.29, 0.717) is 17.0 Å². The summed E-state index contributed by atoms with van der Waals surface area (Å²) in [6.45, 7) is -0.356. The fraction of sp³-hybridized carbons (Fsp3) is 0.125. The van der Waals surface area contributed by atoms with Gasteiger partial charge in [-0.05, 0) is 48.5 Å². The molecule has 31 heavy (non-hydrogen) atoms. The van der Waals surface area contributed by atoms with E-state index in [4.69, 9.17) is 9.47 Å². The second-order valence-electron chi connectivity index (χ2n) is 6.58. The Balaban J connectivity index is 1.38. The maximum Gasteiger partial charge on any atom is 0.306 e. The maximum atomic E-state index is 12.1. The SMILES string of the molecule is O=C(CCC(=O)OCC(=O)c1ccc(Br)cc1)Nc1ccc(Oc2ccccc2)cc1. The molecule has 0 fully saturated rings. The molecule has 0 aromatic heterocycles. The van der Waals surface area contributed by atoms with Crippen LogP contribution < -0.4 is 10.1 Å². The van der Waals surface area contributed by atoms with Gasteiger partial charge in [0.1, 0.15) is 11.5 Å². The standard InChI is InChI=1S/C24H20BrNO5/c25-18-8-6-17(7-9-18)22(27)16-30-24(29)15-14-23(28)26-19-10-12-21(13-11-19)31-20-4-2-1-3-5-20/h1-13H,14-16H2,(H,26,28). The van der Waals surface area contributed by atoms with Crippen molar-refractivity contribution in [1.29, 1.82) is 0 Å². The van der Waals surface area contributed by atoms with Crippen LogP contribution >= 0.6 is 15.9 Å². The summed E-state index contributed by atoms with van der Waals surface area (Å²) >= 11 is 3.29. The van der Waals surface area contributed by atoms with Crippen molar-refractivity contribution in [2.24, 2.45) is 0 Å². The third-order valence-electron chi connectivity index (χ3n) is 4.20. The van der Waals surface area contributed by atoms with Gasteiger partial charge in [0.2, 0.25) is 5.91 Å². The Bertz CT molecular complexity index is 1030. The van der Waals surface area contributed by atoms with Crippen LogP contribution in [0, 0.1) is 0 Å². The summed E-state index contributed by atoms with van der Waals surface area (Å²) in [6, 6.07) is 23.0. The fourth-order valence-electron chi connectivity index (χ4n) is 2.61. The molecule has 0 bridgehead atoms. The zero-order valence-corrected chi connectivity index (χ0v) is 18.1. The molecular formula is C24H20BrNO5. The van der Waals surface area contributed by atoms with Crippen molar-refractivity contribution < 1.29 is 23.9 Å². The topological polar surface area (TPSA) is 81.7 Å². The van der Waals surface area contributed by atoms with Crippen molar-refractivity contribution in [3.8, 4) is 11.5 Å². The minimum atomic E-state index is -0.604. The number of anilines is 1. The number of benzene rings is 3. The van der Waals surface area contributed by atoms with Gasteiger partial charge in [-0.3, -0.25) is 14.4 Å². The number of esters is 1. The van der Waals surface area contributed by atoms with Gasteiger partial charge in [-0.1, -0.05) is 46.3 Å². The highest BCUT2D eigenvalue weighted by molar-refractivity contribution is 9.10. The summed E-state index contributed by atoms with van der Waals surface area (Å²) in [6.07, 6.45) is -0.164. The molecule has 158 valence electrons. The van der Waals surface area contributed by atoms with E-state index in [1.807, 2.05) is 30.3 Å². The molecule has 0 aliphatic carbocycles. The number of nitrogens with one attached hydrogen (secondary N) is 1.